The fraction of sp³-hybridized carbons (Fsp3) is 0.829. The first-order valence-corrected chi connectivity index (χ1v) is 41.4. The second-order valence-electron chi connectivity index (χ2n) is 26.9. The smallest absolute Gasteiger partial charge is 0.462 e. The standard InChI is InChI=1S/C82H152NO8P/c1-3-5-7-9-11-13-15-17-19-21-23-25-27-29-31-33-35-37-39-40-41-43-45-47-49-51-53-55-57-59-61-63-65-67-69-71-73-75-82(85)91-80(79-90-92(86,87)89-77-76-83)78-88-81(84)74-72-70-68-66-64-62-60-58-56-54-52-50-48-46-44-42-38-36-34-32-30-28-26-24-22-20-18-16-14-12-10-8-6-4-2/h5,7,11,13,17,19,23,25,29,31,35,37,80H,3-4,6,8-10,12,14-16,18,20-22,24,26-28,30,32-34,36,38-79,83H2,1-2H3,(H,86,87)/b7-5-,13-11-,19-17-,25-23-,31-29-,37-35-. The number of hydrogen-bond acceptors (Lipinski definition) is 8. The summed E-state index contributed by atoms with van der Waals surface area (Å²) >= 11 is 0. The number of hydrogen-bond donors (Lipinski definition) is 2. The number of nitrogens with two attached hydrogens (primary N) is 1. The first-order chi connectivity index (χ1) is 45.3. The summed E-state index contributed by atoms with van der Waals surface area (Å²) in [7, 11) is -4.40. The highest BCUT2D eigenvalue weighted by Gasteiger charge is 2.26. The lowest BCUT2D eigenvalue weighted by atomic mass is 10.0. The maximum absolute atomic E-state index is 12.8. The van der Waals surface area contributed by atoms with Crippen LogP contribution in [0.4, 0.5) is 0 Å². The molecule has 0 heterocycles. The lowest BCUT2D eigenvalue weighted by Gasteiger charge is -2.19. The molecule has 0 aromatic heterocycles. The van der Waals surface area contributed by atoms with Crippen LogP contribution in [0.5, 0.6) is 0 Å². The molecular formula is C82H152NO8P. The molecule has 0 aliphatic rings. The van der Waals surface area contributed by atoms with Gasteiger partial charge in [-0.25, -0.2) is 4.57 Å². The first kappa shape index (κ1) is 89.5. The van der Waals surface area contributed by atoms with Crippen molar-refractivity contribution in [3.05, 3.63) is 72.9 Å². The van der Waals surface area contributed by atoms with Gasteiger partial charge in [0.15, 0.2) is 6.10 Å². The third-order valence-corrected chi connectivity index (χ3v) is 18.8. The van der Waals surface area contributed by atoms with Gasteiger partial charge in [0.1, 0.15) is 6.61 Å². The zero-order chi connectivity index (χ0) is 66.5. The Kier molecular flexibility index (Phi) is 75.3. The Morgan fingerprint density at radius 3 is 0.891 bits per heavy atom. The summed E-state index contributed by atoms with van der Waals surface area (Å²) in [6.07, 6.45) is 103. The van der Waals surface area contributed by atoms with Gasteiger partial charge in [-0.15, -0.1) is 0 Å². The highest BCUT2D eigenvalue weighted by molar-refractivity contribution is 7.47. The van der Waals surface area contributed by atoms with Crippen molar-refractivity contribution < 1.29 is 37.6 Å². The highest BCUT2D eigenvalue weighted by Crippen LogP contribution is 2.43. The van der Waals surface area contributed by atoms with Gasteiger partial charge in [-0.1, -0.05) is 401 Å². The lowest BCUT2D eigenvalue weighted by molar-refractivity contribution is -0.161. The van der Waals surface area contributed by atoms with Crippen molar-refractivity contribution in [3.8, 4) is 0 Å². The zero-order valence-electron chi connectivity index (χ0n) is 60.8. The molecule has 0 amide bonds. The molecule has 0 aliphatic heterocycles. The van der Waals surface area contributed by atoms with Crippen molar-refractivity contribution in [3.63, 3.8) is 0 Å². The molecule has 0 aliphatic carbocycles. The van der Waals surface area contributed by atoms with E-state index in [0.717, 1.165) is 70.6 Å². The van der Waals surface area contributed by atoms with E-state index >= 15 is 0 Å². The van der Waals surface area contributed by atoms with Gasteiger partial charge in [0.25, 0.3) is 0 Å². The van der Waals surface area contributed by atoms with Crippen molar-refractivity contribution >= 4 is 19.8 Å². The number of phosphoric ester groups is 1. The van der Waals surface area contributed by atoms with Gasteiger partial charge in [0.2, 0.25) is 0 Å². The van der Waals surface area contributed by atoms with Gasteiger partial charge in [0.05, 0.1) is 13.2 Å². The Morgan fingerprint density at radius 1 is 0.337 bits per heavy atom. The number of allylic oxidation sites excluding steroid dienone is 12. The summed E-state index contributed by atoms with van der Waals surface area (Å²) in [6.45, 7) is 3.71. The van der Waals surface area contributed by atoms with Crippen molar-refractivity contribution in [2.45, 2.75) is 412 Å². The molecule has 2 atom stereocenters. The number of carbonyl (C=O) groups is 2. The quantitative estimate of drug-likeness (QED) is 0.0264. The van der Waals surface area contributed by atoms with Crippen molar-refractivity contribution in [1.29, 1.82) is 0 Å². The minimum atomic E-state index is -4.40. The Labute approximate surface area is 571 Å². The number of rotatable bonds is 76. The van der Waals surface area contributed by atoms with Gasteiger partial charge in [-0.2, -0.15) is 0 Å². The molecule has 0 aromatic rings. The molecule has 9 nitrogen and oxygen atoms in total. The largest absolute Gasteiger partial charge is 0.472 e. The van der Waals surface area contributed by atoms with Gasteiger partial charge in [-0.05, 0) is 64.2 Å². The maximum atomic E-state index is 12.8. The Morgan fingerprint density at radius 2 is 0.598 bits per heavy atom. The fourth-order valence-corrected chi connectivity index (χ4v) is 12.8. The maximum Gasteiger partial charge on any atom is 0.472 e. The molecule has 0 saturated carbocycles. The SMILES string of the molecule is CC/C=C\C/C=C\C/C=C\C/C=C\C/C=C\C/C=C\CCCCCCCCCCCCCCCCCCCCC(=O)OC(COC(=O)CCCCCCCCCCCCCCCCCCCCCCCCCCCCCCCCCCCC)COP(=O)(O)OCCN. The van der Waals surface area contributed by atoms with E-state index in [1.165, 1.54) is 302 Å². The van der Waals surface area contributed by atoms with E-state index in [0.29, 0.717) is 6.42 Å². The van der Waals surface area contributed by atoms with E-state index in [-0.39, 0.29) is 38.6 Å². The minimum Gasteiger partial charge on any atom is -0.462 e. The van der Waals surface area contributed by atoms with Crippen LogP contribution < -0.4 is 5.73 Å². The molecule has 0 bridgehead atoms. The predicted molar refractivity (Wildman–Crippen MR) is 399 cm³/mol. The van der Waals surface area contributed by atoms with Crippen LogP contribution >= 0.6 is 7.82 Å². The number of unbranched alkanes of at least 4 members (excludes halogenated alkanes) is 51. The normalized spacial score (nSPS) is 13.2. The Balaban J connectivity index is 3.77. The number of phosphoric acid groups is 1. The molecule has 538 valence electrons. The van der Waals surface area contributed by atoms with Gasteiger partial charge < -0.3 is 20.1 Å². The second-order valence-corrected chi connectivity index (χ2v) is 28.4. The summed E-state index contributed by atoms with van der Waals surface area (Å²) in [4.78, 5) is 35.5. The molecular weight excluding hydrogens is 1160 g/mol. The summed E-state index contributed by atoms with van der Waals surface area (Å²) in [5.41, 5.74) is 5.42. The average molecular weight is 1310 g/mol. The molecule has 10 heteroatoms. The topological polar surface area (TPSA) is 134 Å². The van der Waals surface area contributed by atoms with Crippen LogP contribution in [-0.2, 0) is 32.7 Å². The van der Waals surface area contributed by atoms with Crippen LogP contribution in [0.1, 0.15) is 406 Å². The van der Waals surface area contributed by atoms with Crippen LogP contribution in [0, 0.1) is 0 Å². The molecule has 0 rings (SSSR count). The van der Waals surface area contributed by atoms with Crippen LogP contribution in [0.2, 0.25) is 0 Å². The van der Waals surface area contributed by atoms with E-state index in [2.05, 4.69) is 86.8 Å². The van der Waals surface area contributed by atoms with Gasteiger partial charge >= 0.3 is 19.8 Å². The monoisotopic (exact) mass is 1310 g/mol. The van der Waals surface area contributed by atoms with E-state index in [4.69, 9.17) is 24.3 Å². The second kappa shape index (κ2) is 77.5. The van der Waals surface area contributed by atoms with Crippen molar-refractivity contribution in [2.75, 3.05) is 26.4 Å². The van der Waals surface area contributed by atoms with Crippen molar-refractivity contribution in [2.24, 2.45) is 5.73 Å². The average Bonchev–Trinajstić information content (AvgIpc) is 3.01. The Bertz CT molecular complexity index is 1740. The molecule has 0 saturated heterocycles. The number of esters is 2. The summed E-state index contributed by atoms with van der Waals surface area (Å²) in [5.74, 6) is -0.806. The number of ether oxygens (including phenoxy) is 2. The van der Waals surface area contributed by atoms with Crippen LogP contribution in [0.15, 0.2) is 72.9 Å². The minimum absolute atomic E-state index is 0.0546. The van der Waals surface area contributed by atoms with Crippen LogP contribution in [0.25, 0.3) is 0 Å². The summed E-state index contributed by atoms with van der Waals surface area (Å²) < 4.78 is 33.3. The summed E-state index contributed by atoms with van der Waals surface area (Å²) in [6, 6.07) is 0. The van der Waals surface area contributed by atoms with Gasteiger partial charge in [0, 0.05) is 19.4 Å². The first-order valence-electron chi connectivity index (χ1n) is 39.9. The molecule has 92 heavy (non-hydrogen) atoms. The zero-order valence-corrected chi connectivity index (χ0v) is 61.7. The molecule has 0 fully saturated rings. The molecule has 0 radical (unpaired) electrons. The fourth-order valence-electron chi connectivity index (χ4n) is 12.0. The molecule has 0 spiro atoms. The van der Waals surface area contributed by atoms with E-state index in [9.17, 15) is 19.0 Å². The van der Waals surface area contributed by atoms with Gasteiger partial charge in [-0.3, -0.25) is 18.6 Å². The van der Waals surface area contributed by atoms with Crippen LogP contribution in [-0.4, -0.2) is 49.3 Å². The third kappa shape index (κ3) is 76.5. The highest BCUT2D eigenvalue weighted by atomic mass is 31.2. The number of carbonyl (C=O) groups excluding carboxylic acids is 2. The molecule has 3 N–H and O–H groups in total. The van der Waals surface area contributed by atoms with E-state index < -0.39 is 26.5 Å². The van der Waals surface area contributed by atoms with Crippen LogP contribution in [0.3, 0.4) is 0 Å². The van der Waals surface area contributed by atoms with Crippen molar-refractivity contribution in [1.82, 2.24) is 0 Å². The molecule has 2 unspecified atom stereocenters. The third-order valence-electron chi connectivity index (χ3n) is 17.9. The summed E-state index contributed by atoms with van der Waals surface area (Å²) in [5, 5.41) is 0. The van der Waals surface area contributed by atoms with E-state index in [1.807, 2.05) is 0 Å². The lowest BCUT2D eigenvalue weighted by Crippen LogP contribution is -2.29. The molecule has 0 aromatic carbocycles. The van der Waals surface area contributed by atoms with E-state index in [1.54, 1.807) is 0 Å². The predicted octanol–water partition coefficient (Wildman–Crippen LogP) is 26.7. The Hall–Kier alpha value is -2.55.